The zero-order valence-electron chi connectivity index (χ0n) is 11.4. The molecule has 3 rings (SSSR count). The summed E-state index contributed by atoms with van der Waals surface area (Å²) < 4.78 is 11.5. The predicted molar refractivity (Wildman–Crippen MR) is 76.2 cm³/mol. The Morgan fingerprint density at radius 2 is 1.67 bits per heavy atom. The molecule has 3 nitrogen and oxygen atoms in total. The summed E-state index contributed by atoms with van der Waals surface area (Å²) in [6.45, 7) is 3.32. The molecule has 0 saturated carbocycles. The second kappa shape index (κ2) is 5.59. The minimum atomic E-state index is -0.516. The summed E-state index contributed by atoms with van der Waals surface area (Å²) in [4.78, 5) is 2.82. The van der Waals surface area contributed by atoms with E-state index in [0.717, 1.165) is 42.2 Å². The van der Waals surface area contributed by atoms with Crippen LogP contribution in [0.25, 0.3) is 0 Å². The van der Waals surface area contributed by atoms with Crippen molar-refractivity contribution in [3.05, 3.63) is 0 Å². The fraction of sp³-hybridized carbons (Fsp3) is 1.00. The van der Waals surface area contributed by atoms with Crippen LogP contribution in [0.5, 0.6) is 0 Å². The predicted octanol–water partition coefficient (Wildman–Crippen LogP) is 1.50. The van der Waals surface area contributed by atoms with Gasteiger partial charge in [0, 0.05) is 46.5 Å². The smallest absolute Gasteiger partial charge is 0.0249 e. The molecule has 3 saturated heterocycles. The molecule has 0 aromatic heterocycles. The first-order valence-electron chi connectivity index (χ1n) is 7.63. The van der Waals surface area contributed by atoms with Gasteiger partial charge in [0.2, 0.25) is 0 Å². The van der Waals surface area contributed by atoms with Gasteiger partial charge >= 0.3 is 0 Å². The van der Waals surface area contributed by atoms with Crippen LogP contribution < -0.4 is 5.32 Å². The van der Waals surface area contributed by atoms with Crippen LogP contribution in [0.1, 0.15) is 45.4 Å². The molecule has 3 heterocycles. The van der Waals surface area contributed by atoms with Crippen LogP contribution >= 0.6 is 0 Å². The molecule has 3 aliphatic heterocycles. The molecule has 3 fully saturated rings. The van der Waals surface area contributed by atoms with E-state index in [-0.39, 0.29) is 0 Å². The maximum atomic E-state index is 11.5. The third kappa shape index (κ3) is 2.52. The highest BCUT2D eigenvalue weighted by atomic mass is 32.2. The monoisotopic (exact) mass is 270 g/mol. The topological polar surface area (TPSA) is 32.3 Å². The Kier molecular flexibility index (Phi) is 4.06. The molecule has 1 N–H and O–H groups in total. The molecule has 0 aromatic rings. The first-order valence-corrected chi connectivity index (χ1v) is 9.12. The zero-order chi connectivity index (χ0) is 12.5. The van der Waals surface area contributed by atoms with E-state index in [9.17, 15) is 4.21 Å². The zero-order valence-corrected chi connectivity index (χ0v) is 12.3. The van der Waals surface area contributed by atoms with Crippen LogP contribution in [-0.4, -0.2) is 51.3 Å². The van der Waals surface area contributed by atoms with E-state index in [0.29, 0.717) is 0 Å². The summed E-state index contributed by atoms with van der Waals surface area (Å²) in [6, 6.07) is 3.11. The summed E-state index contributed by atoms with van der Waals surface area (Å²) in [5.74, 6) is 1.88. The Labute approximate surface area is 113 Å². The first kappa shape index (κ1) is 13.1. The van der Waals surface area contributed by atoms with Crippen molar-refractivity contribution >= 4 is 10.8 Å². The third-order valence-electron chi connectivity index (χ3n) is 5.06. The number of nitrogens with one attached hydrogen (secondary N) is 1. The molecule has 0 amide bonds. The number of hydrogen-bond acceptors (Lipinski definition) is 3. The lowest BCUT2D eigenvalue weighted by Gasteiger charge is -2.45. The molecule has 2 bridgehead atoms. The summed E-state index contributed by atoms with van der Waals surface area (Å²) in [6.07, 6.45) is 7.81. The molecule has 2 unspecified atom stereocenters. The lowest BCUT2D eigenvalue weighted by Crippen LogP contribution is -2.54. The molecule has 3 aliphatic rings. The Bertz CT molecular complexity index is 299. The van der Waals surface area contributed by atoms with Gasteiger partial charge in [-0.25, -0.2) is 0 Å². The SMILES string of the molecule is CCNC1CC2CCC(C1)N2C1CCS(=O)CC1. The maximum Gasteiger partial charge on any atom is 0.0249 e. The summed E-state index contributed by atoms with van der Waals surface area (Å²) in [5.41, 5.74) is 0. The number of rotatable bonds is 3. The molecule has 0 radical (unpaired) electrons. The molecule has 2 atom stereocenters. The Morgan fingerprint density at radius 1 is 1.06 bits per heavy atom. The van der Waals surface area contributed by atoms with Crippen LogP contribution in [-0.2, 0) is 10.8 Å². The van der Waals surface area contributed by atoms with Gasteiger partial charge < -0.3 is 5.32 Å². The maximum absolute atomic E-state index is 11.5. The summed E-state index contributed by atoms with van der Waals surface area (Å²) in [5, 5.41) is 3.64. The van der Waals surface area contributed by atoms with Crippen LogP contribution in [0.3, 0.4) is 0 Å². The van der Waals surface area contributed by atoms with Gasteiger partial charge in [-0.3, -0.25) is 9.11 Å². The highest BCUT2D eigenvalue weighted by molar-refractivity contribution is 7.85. The van der Waals surface area contributed by atoms with Crippen LogP contribution in [0.2, 0.25) is 0 Å². The molecule has 0 aromatic carbocycles. The molecule has 18 heavy (non-hydrogen) atoms. The molecule has 104 valence electrons. The van der Waals surface area contributed by atoms with Crippen molar-refractivity contribution in [3.63, 3.8) is 0 Å². The Morgan fingerprint density at radius 3 is 2.22 bits per heavy atom. The van der Waals surface area contributed by atoms with Gasteiger partial charge in [0.1, 0.15) is 0 Å². The van der Waals surface area contributed by atoms with E-state index >= 15 is 0 Å². The number of fused-ring (bicyclic) bond motifs is 2. The van der Waals surface area contributed by atoms with Gasteiger partial charge in [0.05, 0.1) is 0 Å². The van der Waals surface area contributed by atoms with E-state index in [1.165, 1.54) is 38.5 Å². The molecular formula is C14H26N2OS. The quantitative estimate of drug-likeness (QED) is 0.843. The molecular weight excluding hydrogens is 244 g/mol. The van der Waals surface area contributed by atoms with Crippen LogP contribution in [0.15, 0.2) is 0 Å². The third-order valence-corrected chi connectivity index (χ3v) is 6.44. The fourth-order valence-electron chi connectivity index (χ4n) is 4.34. The molecule has 0 aliphatic carbocycles. The average Bonchev–Trinajstić information content (AvgIpc) is 2.63. The largest absolute Gasteiger partial charge is 0.314 e. The lowest BCUT2D eigenvalue weighted by molar-refractivity contribution is 0.0654. The van der Waals surface area contributed by atoms with E-state index in [4.69, 9.17) is 0 Å². The Balaban J connectivity index is 1.63. The highest BCUT2D eigenvalue weighted by Gasteiger charge is 2.43. The van der Waals surface area contributed by atoms with E-state index in [1.807, 2.05) is 0 Å². The van der Waals surface area contributed by atoms with Gasteiger partial charge in [-0.2, -0.15) is 0 Å². The Hall–Kier alpha value is 0.0700. The van der Waals surface area contributed by atoms with Crippen molar-refractivity contribution < 1.29 is 4.21 Å². The van der Waals surface area contributed by atoms with Crippen LogP contribution in [0.4, 0.5) is 0 Å². The van der Waals surface area contributed by atoms with E-state index in [2.05, 4.69) is 17.1 Å². The number of hydrogen-bond donors (Lipinski definition) is 1. The lowest BCUT2D eigenvalue weighted by atomic mass is 9.94. The minimum Gasteiger partial charge on any atom is -0.314 e. The second-order valence-corrected chi connectivity index (χ2v) is 7.83. The van der Waals surface area contributed by atoms with Crippen molar-refractivity contribution in [2.45, 2.75) is 69.6 Å². The van der Waals surface area contributed by atoms with Gasteiger partial charge in [0.25, 0.3) is 0 Å². The van der Waals surface area contributed by atoms with Gasteiger partial charge in [-0.15, -0.1) is 0 Å². The van der Waals surface area contributed by atoms with Gasteiger partial charge in [0.15, 0.2) is 0 Å². The molecule has 0 spiro atoms. The van der Waals surface area contributed by atoms with Gasteiger partial charge in [-0.1, -0.05) is 6.92 Å². The van der Waals surface area contributed by atoms with Crippen LogP contribution in [0, 0.1) is 0 Å². The van der Waals surface area contributed by atoms with Crippen molar-refractivity contribution in [3.8, 4) is 0 Å². The van der Waals surface area contributed by atoms with Crippen molar-refractivity contribution in [1.82, 2.24) is 10.2 Å². The van der Waals surface area contributed by atoms with E-state index in [1.54, 1.807) is 0 Å². The first-order chi connectivity index (χ1) is 8.78. The van der Waals surface area contributed by atoms with E-state index < -0.39 is 10.8 Å². The summed E-state index contributed by atoms with van der Waals surface area (Å²) in [7, 11) is -0.516. The van der Waals surface area contributed by atoms with Crippen molar-refractivity contribution in [2.24, 2.45) is 0 Å². The standard InChI is InChI=1S/C14H26N2OS/c1-2-15-11-9-13-3-4-14(10-11)16(13)12-5-7-18(17)8-6-12/h11-15H,2-10H2,1H3. The van der Waals surface area contributed by atoms with Crippen molar-refractivity contribution in [2.75, 3.05) is 18.1 Å². The minimum absolute atomic E-state index is 0.516. The average molecular weight is 270 g/mol. The molecule has 4 heteroatoms. The normalized spacial score (nSPS) is 45.3. The summed E-state index contributed by atoms with van der Waals surface area (Å²) >= 11 is 0. The number of nitrogens with zero attached hydrogens (tertiary/aromatic N) is 1. The van der Waals surface area contributed by atoms with Gasteiger partial charge in [-0.05, 0) is 45.1 Å². The number of piperidine rings is 1. The van der Waals surface area contributed by atoms with Crippen molar-refractivity contribution in [1.29, 1.82) is 0 Å². The highest BCUT2D eigenvalue weighted by Crippen LogP contribution is 2.39. The fourth-order valence-corrected chi connectivity index (χ4v) is 5.62. The second-order valence-electron chi connectivity index (χ2n) is 6.14.